The number of hydrogen-bond donors (Lipinski definition) is 3. The van der Waals surface area contributed by atoms with E-state index in [4.69, 9.17) is 19.9 Å². The lowest BCUT2D eigenvalue weighted by Crippen LogP contribution is -2.14. The van der Waals surface area contributed by atoms with Gasteiger partial charge in [-0.1, -0.05) is 6.07 Å². The topological polar surface area (TPSA) is 107 Å². The van der Waals surface area contributed by atoms with Gasteiger partial charge in [0.1, 0.15) is 11.6 Å². The monoisotopic (exact) mass is 397 g/mol. The van der Waals surface area contributed by atoms with E-state index >= 15 is 0 Å². The summed E-state index contributed by atoms with van der Waals surface area (Å²) in [4.78, 5) is 4.52. The van der Waals surface area contributed by atoms with Gasteiger partial charge in [-0.2, -0.15) is 5.10 Å². The predicted octanol–water partition coefficient (Wildman–Crippen LogP) is 3.27. The third kappa shape index (κ3) is 5.17. The SMILES string of the molecule is CCOc1ccc([C@@H](N)c2n[nH]c(CNc3ccc(OC)cc3)n2)cc1OCC. The van der Waals surface area contributed by atoms with Crippen molar-refractivity contribution in [2.24, 2.45) is 5.73 Å². The summed E-state index contributed by atoms with van der Waals surface area (Å²) < 4.78 is 16.4. The third-order valence-corrected chi connectivity index (χ3v) is 4.30. The molecule has 0 saturated heterocycles. The molecule has 0 aliphatic rings. The van der Waals surface area contributed by atoms with E-state index in [1.807, 2.05) is 56.3 Å². The Kier molecular flexibility index (Phi) is 6.91. The molecule has 1 aromatic heterocycles. The second-order valence-corrected chi connectivity index (χ2v) is 6.27. The lowest BCUT2D eigenvalue weighted by atomic mass is 10.1. The van der Waals surface area contributed by atoms with E-state index in [1.165, 1.54) is 0 Å². The lowest BCUT2D eigenvalue weighted by Gasteiger charge is -2.14. The van der Waals surface area contributed by atoms with Crippen LogP contribution < -0.4 is 25.3 Å². The summed E-state index contributed by atoms with van der Waals surface area (Å²) in [6, 6.07) is 12.8. The maximum Gasteiger partial charge on any atom is 0.171 e. The molecule has 4 N–H and O–H groups in total. The van der Waals surface area contributed by atoms with Crippen LogP contribution in [0.3, 0.4) is 0 Å². The van der Waals surface area contributed by atoms with Crippen LogP contribution >= 0.6 is 0 Å². The van der Waals surface area contributed by atoms with E-state index in [1.54, 1.807) is 7.11 Å². The minimum Gasteiger partial charge on any atom is -0.497 e. The zero-order valence-corrected chi connectivity index (χ0v) is 16.9. The van der Waals surface area contributed by atoms with Crippen LogP contribution in [0.5, 0.6) is 17.2 Å². The molecule has 1 atom stereocenters. The van der Waals surface area contributed by atoms with E-state index in [-0.39, 0.29) is 0 Å². The molecule has 8 nitrogen and oxygen atoms in total. The molecule has 1 heterocycles. The van der Waals surface area contributed by atoms with Crippen molar-refractivity contribution in [3.63, 3.8) is 0 Å². The Labute approximate surface area is 170 Å². The zero-order valence-electron chi connectivity index (χ0n) is 16.9. The van der Waals surface area contributed by atoms with Crippen molar-refractivity contribution in [1.29, 1.82) is 0 Å². The number of benzene rings is 2. The summed E-state index contributed by atoms with van der Waals surface area (Å²) in [6.45, 7) is 5.47. The highest BCUT2D eigenvalue weighted by atomic mass is 16.5. The van der Waals surface area contributed by atoms with Crippen LogP contribution in [0.1, 0.15) is 37.1 Å². The van der Waals surface area contributed by atoms with Crippen molar-refractivity contribution in [3.8, 4) is 17.2 Å². The van der Waals surface area contributed by atoms with Crippen LogP contribution in [-0.2, 0) is 6.54 Å². The van der Waals surface area contributed by atoms with Crippen molar-refractivity contribution in [1.82, 2.24) is 15.2 Å². The van der Waals surface area contributed by atoms with E-state index < -0.39 is 6.04 Å². The number of aromatic nitrogens is 3. The van der Waals surface area contributed by atoms with Crippen molar-refractivity contribution >= 4 is 5.69 Å². The van der Waals surface area contributed by atoms with Gasteiger partial charge in [-0.15, -0.1) is 0 Å². The number of aromatic amines is 1. The molecule has 0 fully saturated rings. The van der Waals surface area contributed by atoms with Gasteiger partial charge in [0, 0.05) is 5.69 Å². The first kappa shape index (κ1) is 20.5. The standard InChI is InChI=1S/C21H27N5O3/c1-4-28-17-11-6-14(12-18(17)29-5-2)20(22)21-24-19(25-26-21)13-23-15-7-9-16(27-3)10-8-15/h6-12,20,23H,4-5,13,22H2,1-3H3,(H,24,25,26)/t20-/m1/s1. The summed E-state index contributed by atoms with van der Waals surface area (Å²) in [5.74, 6) is 3.39. The molecular weight excluding hydrogens is 370 g/mol. The van der Waals surface area contributed by atoms with E-state index in [0.717, 1.165) is 17.0 Å². The molecule has 0 saturated carbocycles. The number of anilines is 1. The molecule has 0 unspecified atom stereocenters. The molecule has 0 radical (unpaired) electrons. The molecule has 0 aliphatic heterocycles. The Hall–Kier alpha value is -3.26. The van der Waals surface area contributed by atoms with Gasteiger partial charge in [0.25, 0.3) is 0 Å². The number of methoxy groups -OCH3 is 1. The van der Waals surface area contributed by atoms with Crippen LogP contribution in [0.4, 0.5) is 5.69 Å². The van der Waals surface area contributed by atoms with Crippen LogP contribution in [0.2, 0.25) is 0 Å². The van der Waals surface area contributed by atoms with Crippen LogP contribution in [-0.4, -0.2) is 35.5 Å². The van der Waals surface area contributed by atoms with Gasteiger partial charge in [-0.05, 0) is 55.8 Å². The number of rotatable bonds is 10. The second-order valence-electron chi connectivity index (χ2n) is 6.27. The van der Waals surface area contributed by atoms with Gasteiger partial charge in [0.15, 0.2) is 17.3 Å². The van der Waals surface area contributed by atoms with Crippen molar-refractivity contribution < 1.29 is 14.2 Å². The quantitative estimate of drug-likeness (QED) is 0.482. The minimum atomic E-state index is -0.476. The second kappa shape index (κ2) is 9.79. The molecule has 29 heavy (non-hydrogen) atoms. The molecule has 3 rings (SSSR count). The van der Waals surface area contributed by atoms with Gasteiger partial charge in [0.05, 0.1) is 32.9 Å². The van der Waals surface area contributed by atoms with Crippen molar-refractivity contribution in [2.75, 3.05) is 25.6 Å². The first-order valence-electron chi connectivity index (χ1n) is 9.58. The molecule has 0 aliphatic carbocycles. The Morgan fingerprint density at radius 2 is 1.76 bits per heavy atom. The first-order chi connectivity index (χ1) is 14.1. The highest BCUT2D eigenvalue weighted by molar-refractivity contribution is 5.46. The van der Waals surface area contributed by atoms with E-state index in [2.05, 4.69) is 20.5 Å². The summed E-state index contributed by atoms with van der Waals surface area (Å²) in [6.07, 6.45) is 0. The van der Waals surface area contributed by atoms with Gasteiger partial charge < -0.3 is 25.3 Å². The Balaban J connectivity index is 1.68. The average Bonchev–Trinajstić information content (AvgIpc) is 3.23. The normalized spacial score (nSPS) is 11.7. The molecular formula is C21H27N5O3. The number of nitrogens with two attached hydrogens (primary N) is 1. The molecule has 154 valence electrons. The Morgan fingerprint density at radius 3 is 2.45 bits per heavy atom. The fourth-order valence-corrected chi connectivity index (χ4v) is 2.83. The van der Waals surface area contributed by atoms with Crippen molar-refractivity contribution in [2.45, 2.75) is 26.4 Å². The van der Waals surface area contributed by atoms with Gasteiger partial charge >= 0.3 is 0 Å². The van der Waals surface area contributed by atoms with Gasteiger partial charge in [-0.3, -0.25) is 5.10 Å². The Morgan fingerprint density at radius 1 is 1.03 bits per heavy atom. The van der Waals surface area contributed by atoms with E-state index in [9.17, 15) is 0 Å². The highest BCUT2D eigenvalue weighted by Gasteiger charge is 2.17. The summed E-state index contributed by atoms with van der Waals surface area (Å²) in [7, 11) is 1.64. The van der Waals surface area contributed by atoms with Gasteiger partial charge in [-0.25, -0.2) is 4.98 Å². The lowest BCUT2D eigenvalue weighted by molar-refractivity contribution is 0.287. The molecule has 0 bridgehead atoms. The summed E-state index contributed by atoms with van der Waals surface area (Å²) in [5, 5.41) is 10.5. The third-order valence-electron chi connectivity index (χ3n) is 4.30. The fourth-order valence-electron chi connectivity index (χ4n) is 2.83. The number of nitrogens with one attached hydrogen (secondary N) is 2. The highest BCUT2D eigenvalue weighted by Crippen LogP contribution is 2.31. The van der Waals surface area contributed by atoms with Crippen LogP contribution in [0.25, 0.3) is 0 Å². The molecule has 8 heteroatoms. The Bertz CT molecular complexity index is 911. The predicted molar refractivity (Wildman–Crippen MR) is 112 cm³/mol. The van der Waals surface area contributed by atoms with Gasteiger partial charge in [0.2, 0.25) is 0 Å². The van der Waals surface area contributed by atoms with Crippen LogP contribution in [0.15, 0.2) is 42.5 Å². The van der Waals surface area contributed by atoms with E-state index in [0.29, 0.717) is 42.9 Å². The maximum absolute atomic E-state index is 6.38. The molecule has 3 aromatic rings. The van der Waals surface area contributed by atoms with Crippen molar-refractivity contribution in [3.05, 3.63) is 59.7 Å². The number of ether oxygens (including phenoxy) is 3. The minimum absolute atomic E-state index is 0.476. The molecule has 0 spiro atoms. The molecule has 2 aromatic carbocycles. The van der Waals surface area contributed by atoms with Crippen LogP contribution in [0, 0.1) is 0 Å². The first-order valence-corrected chi connectivity index (χ1v) is 9.58. The largest absolute Gasteiger partial charge is 0.497 e. The molecule has 0 amide bonds. The summed E-state index contributed by atoms with van der Waals surface area (Å²) in [5.41, 5.74) is 8.19. The summed E-state index contributed by atoms with van der Waals surface area (Å²) >= 11 is 0. The number of nitrogens with zero attached hydrogens (tertiary/aromatic N) is 2. The average molecular weight is 397 g/mol. The fraction of sp³-hybridized carbons (Fsp3) is 0.333. The maximum atomic E-state index is 6.38. The number of hydrogen-bond acceptors (Lipinski definition) is 7. The number of H-pyrrole nitrogens is 1. The smallest absolute Gasteiger partial charge is 0.171 e. The zero-order chi connectivity index (χ0) is 20.6.